The fraction of sp³-hybridized carbons (Fsp3) is 0.286. The molecular weight excluding hydrogens is 393 g/mol. The van der Waals surface area contributed by atoms with Gasteiger partial charge in [-0.25, -0.2) is 4.68 Å². The van der Waals surface area contributed by atoms with E-state index in [9.17, 15) is 14.9 Å². The number of nitro benzene ring substituents is 1. The number of piperazine rings is 1. The van der Waals surface area contributed by atoms with Gasteiger partial charge in [0.1, 0.15) is 5.69 Å². The summed E-state index contributed by atoms with van der Waals surface area (Å²) in [6.45, 7) is 2.72. The minimum absolute atomic E-state index is 0. The van der Waals surface area contributed by atoms with Gasteiger partial charge in [0.05, 0.1) is 15.0 Å². The molecule has 11 heteroatoms. The summed E-state index contributed by atoms with van der Waals surface area (Å²) in [4.78, 5) is 24.4. The third kappa shape index (κ3) is 4.04. The normalized spacial score (nSPS) is 14.1. The zero-order chi connectivity index (χ0) is 17.3. The van der Waals surface area contributed by atoms with E-state index in [1.807, 2.05) is 0 Å². The van der Waals surface area contributed by atoms with Crippen LogP contribution >= 0.6 is 35.6 Å². The average Bonchev–Trinajstić information content (AvgIpc) is 3.03. The first-order valence-electron chi connectivity index (χ1n) is 7.17. The topological polar surface area (TPSA) is 93.3 Å². The molecule has 1 saturated heterocycles. The van der Waals surface area contributed by atoms with E-state index in [0.29, 0.717) is 18.8 Å². The lowest BCUT2D eigenvalue weighted by Crippen LogP contribution is -2.46. The number of nitro groups is 1. The van der Waals surface area contributed by atoms with Crippen LogP contribution in [0.1, 0.15) is 10.5 Å². The molecule has 3 rings (SSSR count). The Bertz CT molecular complexity index is 782. The van der Waals surface area contributed by atoms with Crippen LogP contribution < -0.4 is 5.32 Å². The van der Waals surface area contributed by atoms with E-state index in [4.69, 9.17) is 23.2 Å². The van der Waals surface area contributed by atoms with Crippen molar-refractivity contribution in [3.05, 3.63) is 50.2 Å². The van der Waals surface area contributed by atoms with Crippen molar-refractivity contribution in [2.24, 2.45) is 0 Å². The number of nitrogens with zero attached hydrogens (tertiary/aromatic N) is 4. The third-order valence-electron chi connectivity index (χ3n) is 3.65. The van der Waals surface area contributed by atoms with Crippen molar-refractivity contribution in [1.82, 2.24) is 20.0 Å². The minimum Gasteiger partial charge on any atom is -0.335 e. The van der Waals surface area contributed by atoms with Gasteiger partial charge in [0, 0.05) is 44.5 Å². The first-order chi connectivity index (χ1) is 11.5. The van der Waals surface area contributed by atoms with E-state index in [1.165, 1.54) is 16.8 Å². The summed E-state index contributed by atoms with van der Waals surface area (Å²) in [5.41, 5.74) is 0.351. The molecule has 0 spiro atoms. The molecule has 1 aromatic carbocycles. The Balaban J connectivity index is 0.00000225. The molecule has 0 unspecified atom stereocenters. The van der Waals surface area contributed by atoms with Gasteiger partial charge >= 0.3 is 0 Å². The summed E-state index contributed by atoms with van der Waals surface area (Å²) in [7, 11) is 0. The lowest BCUT2D eigenvalue weighted by Gasteiger charge is -2.26. The molecule has 0 atom stereocenters. The zero-order valence-electron chi connectivity index (χ0n) is 12.8. The van der Waals surface area contributed by atoms with Crippen molar-refractivity contribution in [2.75, 3.05) is 26.2 Å². The largest absolute Gasteiger partial charge is 0.335 e. The molecule has 1 aliphatic heterocycles. The lowest BCUT2D eigenvalue weighted by atomic mass is 10.3. The van der Waals surface area contributed by atoms with Gasteiger partial charge in [-0.2, -0.15) is 5.10 Å². The van der Waals surface area contributed by atoms with Gasteiger partial charge in [0.2, 0.25) is 0 Å². The molecular formula is C14H14Cl3N5O3. The van der Waals surface area contributed by atoms with Gasteiger partial charge in [-0.15, -0.1) is 12.4 Å². The standard InChI is InChI=1S/C14H13Cl2N5O3.ClH/c15-10-7-9(21(23)24)8-11(16)13(10)20-4-1-12(18-20)14(22)19-5-2-17-3-6-19;/h1,4,7-8,17H,2-3,5-6H2;1H. The van der Waals surface area contributed by atoms with Crippen molar-refractivity contribution in [3.8, 4) is 5.69 Å². The Labute approximate surface area is 159 Å². The smallest absolute Gasteiger partial charge is 0.274 e. The van der Waals surface area contributed by atoms with E-state index in [-0.39, 0.29) is 39.7 Å². The number of rotatable bonds is 3. The molecule has 2 heterocycles. The summed E-state index contributed by atoms with van der Waals surface area (Å²) in [5, 5.41) is 18.4. The van der Waals surface area contributed by atoms with Crippen LogP contribution in [0.5, 0.6) is 0 Å². The van der Waals surface area contributed by atoms with Crippen LogP contribution in [0.15, 0.2) is 24.4 Å². The zero-order valence-corrected chi connectivity index (χ0v) is 15.1. The second-order valence-corrected chi connectivity index (χ2v) is 6.02. The molecule has 1 N–H and O–H groups in total. The van der Waals surface area contributed by atoms with Gasteiger partial charge in [-0.1, -0.05) is 23.2 Å². The molecule has 1 aromatic heterocycles. The maximum atomic E-state index is 12.4. The number of non-ortho nitro benzene ring substituents is 1. The van der Waals surface area contributed by atoms with Crippen LogP contribution in [-0.2, 0) is 0 Å². The van der Waals surface area contributed by atoms with Gasteiger partial charge in [-0.05, 0) is 6.07 Å². The van der Waals surface area contributed by atoms with Gasteiger partial charge in [-0.3, -0.25) is 14.9 Å². The molecule has 0 radical (unpaired) electrons. The van der Waals surface area contributed by atoms with E-state index in [1.54, 1.807) is 17.2 Å². The molecule has 1 fully saturated rings. The van der Waals surface area contributed by atoms with Crippen molar-refractivity contribution >= 4 is 47.2 Å². The number of nitrogens with one attached hydrogen (secondary N) is 1. The number of carbonyl (C=O) groups excluding carboxylic acids is 1. The second kappa shape index (κ2) is 8.01. The number of hydrogen-bond donors (Lipinski definition) is 1. The van der Waals surface area contributed by atoms with Crippen LogP contribution in [0.2, 0.25) is 10.0 Å². The summed E-state index contributed by atoms with van der Waals surface area (Å²) < 4.78 is 1.35. The van der Waals surface area contributed by atoms with Crippen molar-refractivity contribution < 1.29 is 9.72 Å². The lowest BCUT2D eigenvalue weighted by molar-refractivity contribution is -0.384. The molecule has 2 aromatic rings. The average molecular weight is 407 g/mol. The van der Waals surface area contributed by atoms with Crippen LogP contribution in [0.4, 0.5) is 5.69 Å². The monoisotopic (exact) mass is 405 g/mol. The number of hydrogen-bond acceptors (Lipinski definition) is 5. The summed E-state index contributed by atoms with van der Waals surface area (Å²) in [6, 6.07) is 3.96. The fourth-order valence-electron chi connectivity index (χ4n) is 2.47. The Kier molecular flexibility index (Phi) is 6.23. The predicted molar refractivity (Wildman–Crippen MR) is 96.3 cm³/mol. The highest BCUT2D eigenvalue weighted by Gasteiger charge is 2.22. The van der Waals surface area contributed by atoms with E-state index >= 15 is 0 Å². The molecule has 8 nitrogen and oxygen atoms in total. The predicted octanol–water partition coefficient (Wildman–Crippen LogP) is 2.55. The van der Waals surface area contributed by atoms with Gasteiger partial charge in [0.15, 0.2) is 5.69 Å². The van der Waals surface area contributed by atoms with E-state index in [2.05, 4.69) is 10.4 Å². The highest BCUT2D eigenvalue weighted by atomic mass is 35.5. The molecule has 1 amide bonds. The molecule has 1 aliphatic rings. The summed E-state index contributed by atoms with van der Waals surface area (Å²) >= 11 is 12.2. The minimum atomic E-state index is -0.579. The van der Waals surface area contributed by atoms with Crippen LogP contribution in [-0.4, -0.2) is 51.7 Å². The van der Waals surface area contributed by atoms with Crippen molar-refractivity contribution in [1.29, 1.82) is 0 Å². The Morgan fingerprint density at radius 2 is 1.84 bits per heavy atom. The van der Waals surface area contributed by atoms with E-state index in [0.717, 1.165) is 13.1 Å². The highest BCUT2D eigenvalue weighted by molar-refractivity contribution is 6.38. The van der Waals surface area contributed by atoms with Crippen LogP contribution in [0.3, 0.4) is 0 Å². The van der Waals surface area contributed by atoms with Gasteiger partial charge in [0.25, 0.3) is 11.6 Å². The number of carbonyl (C=O) groups is 1. The Morgan fingerprint density at radius 3 is 2.40 bits per heavy atom. The fourth-order valence-corrected chi connectivity index (χ4v) is 3.12. The Morgan fingerprint density at radius 1 is 1.24 bits per heavy atom. The number of halogens is 3. The molecule has 0 aliphatic carbocycles. The number of benzene rings is 1. The number of aromatic nitrogens is 2. The summed E-state index contributed by atoms with van der Waals surface area (Å²) in [5.74, 6) is -0.176. The first kappa shape index (κ1) is 19.5. The van der Waals surface area contributed by atoms with Crippen LogP contribution in [0.25, 0.3) is 5.69 Å². The van der Waals surface area contributed by atoms with Crippen molar-refractivity contribution in [2.45, 2.75) is 0 Å². The SMILES string of the molecule is Cl.O=C(c1ccn(-c2c(Cl)cc([N+](=O)[O-])cc2Cl)n1)N1CCNCC1. The first-order valence-corrected chi connectivity index (χ1v) is 7.92. The second-order valence-electron chi connectivity index (χ2n) is 5.20. The van der Waals surface area contributed by atoms with Gasteiger partial charge < -0.3 is 10.2 Å². The van der Waals surface area contributed by atoms with Crippen molar-refractivity contribution in [3.63, 3.8) is 0 Å². The highest BCUT2D eigenvalue weighted by Crippen LogP contribution is 2.32. The van der Waals surface area contributed by atoms with E-state index < -0.39 is 4.92 Å². The molecule has 25 heavy (non-hydrogen) atoms. The maximum Gasteiger partial charge on any atom is 0.274 e. The molecule has 134 valence electrons. The molecule has 0 bridgehead atoms. The quantitative estimate of drug-likeness (QED) is 0.624. The maximum absolute atomic E-state index is 12.4. The third-order valence-corrected chi connectivity index (χ3v) is 4.23. The summed E-state index contributed by atoms with van der Waals surface area (Å²) in [6.07, 6.45) is 1.55. The van der Waals surface area contributed by atoms with Crippen LogP contribution in [0, 0.1) is 10.1 Å². The Hall–Kier alpha value is -1.87. The number of amides is 1. The molecule has 0 saturated carbocycles.